The van der Waals surface area contributed by atoms with Gasteiger partial charge in [-0.05, 0) is 5.56 Å². The van der Waals surface area contributed by atoms with Crippen molar-refractivity contribution in [2.75, 3.05) is 7.11 Å². The second-order valence-corrected chi connectivity index (χ2v) is 7.06. The number of hydrogen-bond acceptors (Lipinski definition) is 4. The Balaban J connectivity index is 1.98. The number of benzene rings is 1. The lowest BCUT2D eigenvalue weighted by atomic mass is 9.93. The van der Waals surface area contributed by atoms with E-state index < -0.39 is 6.10 Å². The van der Waals surface area contributed by atoms with Crippen LogP contribution in [0.15, 0.2) is 35.7 Å². The number of rotatable bonds is 5. The van der Waals surface area contributed by atoms with Crippen LogP contribution in [0.1, 0.15) is 43.1 Å². The lowest BCUT2D eigenvalue weighted by Crippen LogP contribution is -2.30. The van der Waals surface area contributed by atoms with Crippen LogP contribution in [0.4, 0.5) is 0 Å². The van der Waals surface area contributed by atoms with E-state index in [1.807, 2.05) is 35.7 Å². The van der Waals surface area contributed by atoms with Gasteiger partial charge in [0.25, 0.3) is 5.91 Å². The van der Waals surface area contributed by atoms with E-state index in [0.29, 0.717) is 6.54 Å². The number of hydrogen-bond donors (Lipinski definition) is 1. The number of ether oxygens (including phenoxy) is 1. The fourth-order valence-electron chi connectivity index (χ4n) is 2.01. The smallest absolute Gasteiger partial charge is 0.254 e. The molecule has 1 atom stereocenters. The van der Waals surface area contributed by atoms with Gasteiger partial charge in [0.1, 0.15) is 5.01 Å². The topological polar surface area (TPSA) is 51.2 Å². The first kappa shape index (κ1) is 16.6. The molecule has 0 bridgehead atoms. The van der Waals surface area contributed by atoms with Crippen molar-refractivity contribution < 1.29 is 9.53 Å². The lowest BCUT2D eigenvalue weighted by molar-refractivity contribution is -0.131. The highest BCUT2D eigenvalue weighted by Crippen LogP contribution is 2.24. The Kier molecular flexibility index (Phi) is 5.32. The number of carbonyl (C=O) groups is 1. The van der Waals surface area contributed by atoms with E-state index in [1.165, 1.54) is 0 Å². The molecule has 0 aliphatic carbocycles. The molecule has 0 aliphatic rings. The Bertz CT molecular complexity index is 617. The van der Waals surface area contributed by atoms with Crippen LogP contribution in [-0.4, -0.2) is 18.0 Å². The van der Waals surface area contributed by atoms with Gasteiger partial charge in [-0.1, -0.05) is 51.1 Å². The molecule has 2 rings (SSSR count). The summed E-state index contributed by atoms with van der Waals surface area (Å²) in [4.78, 5) is 16.9. The largest absolute Gasteiger partial charge is 0.367 e. The van der Waals surface area contributed by atoms with Crippen molar-refractivity contribution in [1.29, 1.82) is 0 Å². The molecule has 0 radical (unpaired) electrons. The first-order chi connectivity index (χ1) is 10.4. The van der Waals surface area contributed by atoms with Gasteiger partial charge in [-0.2, -0.15) is 0 Å². The number of methoxy groups -OCH3 is 1. The minimum absolute atomic E-state index is 0.0257. The molecule has 1 amide bonds. The molecule has 0 spiro atoms. The van der Waals surface area contributed by atoms with E-state index >= 15 is 0 Å². The summed E-state index contributed by atoms with van der Waals surface area (Å²) >= 11 is 1.57. The molecule has 0 aliphatic heterocycles. The Morgan fingerprint density at radius 2 is 2.00 bits per heavy atom. The highest BCUT2D eigenvalue weighted by atomic mass is 32.1. The third kappa shape index (κ3) is 4.15. The molecule has 1 aromatic carbocycles. The molecule has 2 aromatic rings. The number of nitrogens with one attached hydrogen (secondary N) is 1. The quantitative estimate of drug-likeness (QED) is 0.918. The minimum Gasteiger partial charge on any atom is -0.367 e. The second kappa shape index (κ2) is 7.03. The zero-order valence-electron chi connectivity index (χ0n) is 13.4. The Hall–Kier alpha value is -1.72. The summed E-state index contributed by atoms with van der Waals surface area (Å²) in [5.74, 6) is -0.152. The molecule has 0 saturated carbocycles. The number of thiazole rings is 1. The molecule has 0 saturated heterocycles. The van der Waals surface area contributed by atoms with E-state index in [-0.39, 0.29) is 11.3 Å². The van der Waals surface area contributed by atoms with Crippen molar-refractivity contribution in [3.05, 3.63) is 52.0 Å². The van der Waals surface area contributed by atoms with Crippen LogP contribution >= 0.6 is 11.3 Å². The molecule has 118 valence electrons. The van der Waals surface area contributed by atoms with Crippen LogP contribution < -0.4 is 5.32 Å². The van der Waals surface area contributed by atoms with Crippen molar-refractivity contribution in [2.24, 2.45) is 0 Å². The van der Waals surface area contributed by atoms with Crippen molar-refractivity contribution in [1.82, 2.24) is 10.3 Å². The molecule has 5 heteroatoms. The van der Waals surface area contributed by atoms with E-state index in [9.17, 15) is 4.79 Å². The molecule has 22 heavy (non-hydrogen) atoms. The van der Waals surface area contributed by atoms with Crippen molar-refractivity contribution in [2.45, 2.75) is 38.8 Å². The predicted octanol–water partition coefficient (Wildman–Crippen LogP) is 3.44. The standard InChI is InChI=1S/C17H22N2O2S/c1-17(2,3)13-11-22-14(19-13)10-18-16(20)15(21-4)12-8-6-5-7-9-12/h5-9,11,15H,10H2,1-4H3,(H,18,20). The first-order valence-corrected chi connectivity index (χ1v) is 8.10. The van der Waals surface area contributed by atoms with E-state index in [4.69, 9.17) is 4.74 Å². The summed E-state index contributed by atoms with van der Waals surface area (Å²) in [5, 5.41) is 5.85. The van der Waals surface area contributed by atoms with Gasteiger partial charge in [-0.3, -0.25) is 4.79 Å². The van der Waals surface area contributed by atoms with Crippen LogP contribution in [0.3, 0.4) is 0 Å². The van der Waals surface area contributed by atoms with Crippen LogP contribution in [0.25, 0.3) is 0 Å². The van der Waals surface area contributed by atoms with Crippen LogP contribution in [0, 0.1) is 0 Å². The summed E-state index contributed by atoms with van der Waals surface area (Å²) in [5.41, 5.74) is 1.92. The normalized spacial score (nSPS) is 12.9. The molecule has 0 fully saturated rings. The lowest BCUT2D eigenvalue weighted by Gasteiger charge is -2.15. The maximum atomic E-state index is 12.3. The van der Waals surface area contributed by atoms with Gasteiger partial charge in [0, 0.05) is 17.9 Å². The summed E-state index contributed by atoms with van der Waals surface area (Å²) in [6, 6.07) is 9.47. The van der Waals surface area contributed by atoms with Crippen LogP contribution in [0.5, 0.6) is 0 Å². The molecule has 1 N–H and O–H groups in total. The van der Waals surface area contributed by atoms with Gasteiger partial charge in [0.05, 0.1) is 12.2 Å². The van der Waals surface area contributed by atoms with Gasteiger partial charge in [0.15, 0.2) is 6.10 Å². The first-order valence-electron chi connectivity index (χ1n) is 7.22. The maximum Gasteiger partial charge on any atom is 0.254 e. The molecule has 4 nitrogen and oxygen atoms in total. The number of amides is 1. The minimum atomic E-state index is -0.594. The fourth-order valence-corrected chi connectivity index (χ4v) is 2.97. The zero-order chi connectivity index (χ0) is 16.2. The van der Waals surface area contributed by atoms with E-state index in [2.05, 4.69) is 31.1 Å². The summed E-state index contributed by atoms with van der Waals surface area (Å²) in [7, 11) is 1.54. The van der Waals surface area contributed by atoms with Crippen LogP contribution in [0.2, 0.25) is 0 Å². The predicted molar refractivity (Wildman–Crippen MR) is 88.9 cm³/mol. The molecule has 1 aromatic heterocycles. The molecular weight excluding hydrogens is 296 g/mol. The summed E-state index contributed by atoms with van der Waals surface area (Å²) in [6.45, 7) is 6.80. The van der Waals surface area contributed by atoms with Gasteiger partial charge in [-0.25, -0.2) is 4.98 Å². The van der Waals surface area contributed by atoms with Gasteiger partial charge in [0.2, 0.25) is 0 Å². The van der Waals surface area contributed by atoms with Gasteiger partial charge < -0.3 is 10.1 Å². The number of aromatic nitrogens is 1. The molecular formula is C17H22N2O2S. The van der Waals surface area contributed by atoms with Crippen molar-refractivity contribution in [3.63, 3.8) is 0 Å². The highest BCUT2D eigenvalue weighted by molar-refractivity contribution is 7.09. The third-order valence-electron chi connectivity index (χ3n) is 3.31. The number of carbonyl (C=O) groups excluding carboxylic acids is 1. The molecule has 1 heterocycles. The van der Waals surface area contributed by atoms with Crippen molar-refractivity contribution in [3.8, 4) is 0 Å². The van der Waals surface area contributed by atoms with Gasteiger partial charge >= 0.3 is 0 Å². The second-order valence-electron chi connectivity index (χ2n) is 6.12. The number of nitrogens with zero attached hydrogens (tertiary/aromatic N) is 1. The van der Waals surface area contributed by atoms with E-state index in [0.717, 1.165) is 16.3 Å². The Labute approximate surface area is 135 Å². The summed E-state index contributed by atoms with van der Waals surface area (Å²) < 4.78 is 5.32. The zero-order valence-corrected chi connectivity index (χ0v) is 14.2. The third-order valence-corrected chi connectivity index (χ3v) is 4.16. The van der Waals surface area contributed by atoms with E-state index in [1.54, 1.807) is 18.4 Å². The average Bonchev–Trinajstić information content (AvgIpc) is 2.96. The van der Waals surface area contributed by atoms with Gasteiger partial charge in [-0.15, -0.1) is 11.3 Å². The maximum absolute atomic E-state index is 12.3. The fraction of sp³-hybridized carbons (Fsp3) is 0.412. The average molecular weight is 318 g/mol. The van der Waals surface area contributed by atoms with Crippen molar-refractivity contribution >= 4 is 17.2 Å². The summed E-state index contributed by atoms with van der Waals surface area (Å²) in [6.07, 6.45) is -0.594. The van der Waals surface area contributed by atoms with Crippen LogP contribution in [-0.2, 0) is 21.5 Å². The monoisotopic (exact) mass is 318 g/mol. The highest BCUT2D eigenvalue weighted by Gasteiger charge is 2.21. The Morgan fingerprint density at radius 3 is 2.55 bits per heavy atom. The Morgan fingerprint density at radius 1 is 1.32 bits per heavy atom. The SMILES string of the molecule is COC(C(=O)NCc1nc(C(C)(C)C)cs1)c1ccccc1. The molecule has 1 unspecified atom stereocenters.